The van der Waals surface area contributed by atoms with Crippen LogP contribution in [-0.4, -0.2) is 17.0 Å². The predicted molar refractivity (Wildman–Crippen MR) is 54.1 cm³/mol. The Morgan fingerprint density at radius 3 is 2.62 bits per heavy atom. The summed E-state index contributed by atoms with van der Waals surface area (Å²) in [6, 6.07) is 4.00. The summed E-state index contributed by atoms with van der Waals surface area (Å²) in [5, 5.41) is 9.00. The van der Waals surface area contributed by atoms with Gasteiger partial charge in [0.1, 0.15) is 6.10 Å². The third-order valence-electron chi connectivity index (χ3n) is 1.88. The average molecular weight is 198 g/mol. The number of aliphatic hydroxyl groups is 1. The van der Waals surface area contributed by atoms with Gasteiger partial charge in [0.15, 0.2) is 5.78 Å². The van der Waals surface area contributed by atoms with Gasteiger partial charge in [-0.2, -0.15) is 0 Å². The van der Waals surface area contributed by atoms with Crippen molar-refractivity contribution in [2.24, 2.45) is 0 Å². The van der Waals surface area contributed by atoms with Gasteiger partial charge in [0.25, 0.3) is 0 Å². The molecule has 0 aliphatic rings. The molecule has 2 nitrogen and oxygen atoms in total. The first kappa shape index (κ1) is 10.4. The van der Waals surface area contributed by atoms with Crippen LogP contribution in [0.15, 0.2) is 12.1 Å². The Morgan fingerprint density at radius 1 is 1.54 bits per heavy atom. The quantitative estimate of drug-likeness (QED) is 0.801. The molecule has 0 bridgehead atoms. The van der Waals surface area contributed by atoms with Crippen LogP contribution in [0, 0.1) is 0 Å². The number of hydrogen-bond acceptors (Lipinski definition) is 3. The summed E-state index contributed by atoms with van der Waals surface area (Å²) in [5.41, 5.74) is 0. The molecule has 13 heavy (non-hydrogen) atoms. The van der Waals surface area contributed by atoms with Crippen molar-refractivity contribution in [2.45, 2.75) is 32.8 Å². The molecule has 1 atom stereocenters. The molecule has 1 heterocycles. The van der Waals surface area contributed by atoms with E-state index in [-0.39, 0.29) is 5.78 Å². The topological polar surface area (TPSA) is 37.3 Å². The molecule has 0 aliphatic heterocycles. The molecule has 1 aromatic heterocycles. The molecule has 1 rings (SSSR count). The van der Waals surface area contributed by atoms with Gasteiger partial charge in [0.2, 0.25) is 0 Å². The highest BCUT2D eigenvalue weighted by molar-refractivity contribution is 7.12. The van der Waals surface area contributed by atoms with Crippen molar-refractivity contribution in [2.75, 3.05) is 0 Å². The first-order chi connectivity index (χ1) is 6.13. The molecule has 72 valence electrons. The fourth-order valence-corrected chi connectivity index (χ4v) is 1.99. The Labute approximate surface area is 82.2 Å². The average Bonchev–Trinajstić information content (AvgIpc) is 2.52. The van der Waals surface area contributed by atoms with Crippen molar-refractivity contribution in [1.29, 1.82) is 0 Å². The third kappa shape index (κ3) is 2.94. The minimum absolute atomic E-state index is 0.107. The molecular weight excluding hydrogens is 184 g/mol. The van der Waals surface area contributed by atoms with Crippen molar-refractivity contribution in [1.82, 2.24) is 0 Å². The van der Waals surface area contributed by atoms with Crippen molar-refractivity contribution in [3.05, 3.63) is 21.9 Å². The second-order valence-electron chi connectivity index (χ2n) is 3.04. The van der Waals surface area contributed by atoms with Crippen LogP contribution >= 0.6 is 11.3 Å². The van der Waals surface area contributed by atoms with E-state index in [4.69, 9.17) is 5.11 Å². The number of aliphatic hydroxyl groups excluding tert-OH is 1. The Balaban J connectivity index is 2.59. The third-order valence-corrected chi connectivity index (χ3v) is 3.11. The molecule has 0 saturated carbocycles. The molecule has 0 saturated heterocycles. The minimum Gasteiger partial charge on any atom is -0.386 e. The van der Waals surface area contributed by atoms with E-state index in [0.717, 1.165) is 11.3 Å². The van der Waals surface area contributed by atoms with E-state index in [1.54, 1.807) is 11.3 Å². The fourth-order valence-electron chi connectivity index (χ4n) is 1.03. The Morgan fingerprint density at radius 2 is 2.15 bits per heavy atom. The van der Waals surface area contributed by atoms with E-state index in [2.05, 4.69) is 6.92 Å². The van der Waals surface area contributed by atoms with Gasteiger partial charge >= 0.3 is 0 Å². The van der Waals surface area contributed by atoms with Crippen molar-refractivity contribution in [3.63, 3.8) is 0 Å². The van der Waals surface area contributed by atoms with Crippen LogP contribution in [-0.2, 0) is 17.6 Å². The maximum atomic E-state index is 11.2. The molecule has 0 amide bonds. The van der Waals surface area contributed by atoms with E-state index in [0.29, 0.717) is 6.42 Å². The molecular formula is C10H14O2S. The highest BCUT2D eigenvalue weighted by Crippen LogP contribution is 2.17. The number of carbonyl (C=O) groups is 1. The Bertz CT molecular complexity index is 289. The maximum Gasteiger partial charge on any atom is 0.166 e. The van der Waals surface area contributed by atoms with Crippen LogP contribution in [0.2, 0.25) is 0 Å². The number of ketones is 1. The smallest absolute Gasteiger partial charge is 0.166 e. The maximum absolute atomic E-state index is 11.2. The van der Waals surface area contributed by atoms with Gasteiger partial charge in [0.05, 0.1) is 0 Å². The standard InChI is InChI=1S/C10H14O2S/c1-3-8-4-5-9(13-8)6-10(12)7(2)11/h4-5,7,11H,3,6H2,1-2H3. The first-order valence-corrected chi connectivity index (χ1v) is 5.23. The number of aryl methyl sites for hydroxylation is 1. The van der Waals surface area contributed by atoms with Gasteiger partial charge in [-0.25, -0.2) is 0 Å². The lowest BCUT2D eigenvalue weighted by atomic mass is 10.2. The fraction of sp³-hybridized carbons (Fsp3) is 0.500. The number of Topliss-reactive ketones (excluding diaryl/α,β-unsaturated/α-hetero) is 1. The summed E-state index contributed by atoms with van der Waals surface area (Å²) in [6.45, 7) is 3.60. The van der Waals surface area contributed by atoms with Gasteiger partial charge in [-0.3, -0.25) is 4.79 Å². The van der Waals surface area contributed by atoms with Crippen LogP contribution in [0.1, 0.15) is 23.6 Å². The van der Waals surface area contributed by atoms with E-state index in [9.17, 15) is 4.79 Å². The predicted octanol–water partition coefficient (Wildman–Crippen LogP) is 1.80. The second kappa shape index (κ2) is 4.53. The van der Waals surface area contributed by atoms with Crippen LogP contribution in [0.3, 0.4) is 0 Å². The monoisotopic (exact) mass is 198 g/mol. The zero-order valence-corrected chi connectivity index (χ0v) is 8.73. The summed E-state index contributed by atoms with van der Waals surface area (Å²) in [6.07, 6.45) is 0.530. The van der Waals surface area contributed by atoms with Crippen molar-refractivity contribution < 1.29 is 9.90 Å². The molecule has 0 aromatic carbocycles. The van der Waals surface area contributed by atoms with Gasteiger partial charge < -0.3 is 5.11 Å². The zero-order chi connectivity index (χ0) is 9.84. The molecule has 1 unspecified atom stereocenters. The molecule has 0 aliphatic carbocycles. The largest absolute Gasteiger partial charge is 0.386 e. The van der Waals surface area contributed by atoms with Crippen molar-refractivity contribution in [3.8, 4) is 0 Å². The highest BCUT2D eigenvalue weighted by atomic mass is 32.1. The summed E-state index contributed by atoms with van der Waals surface area (Å²) in [4.78, 5) is 13.5. The minimum atomic E-state index is -0.841. The SMILES string of the molecule is CCc1ccc(CC(=O)C(C)O)s1. The summed E-state index contributed by atoms with van der Waals surface area (Å²) in [5.74, 6) is -0.107. The number of hydrogen-bond donors (Lipinski definition) is 1. The van der Waals surface area contributed by atoms with Gasteiger partial charge in [0, 0.05) is 16.2 Å². The zero-order valence-electron chi connectivity index (χ0n) is 7.91. The molecule has 0 radical (unpaired) electrons. The molecule has 1 aromatic rings. The molecule has 3 heteroatoms. The van der Waals surface area contributed by atoms with E-state index in [1.807, 2.05) is 12.1 Å². The van der Waals surface area contributed by atoms with Crippen molar-refractivity contribution >= 4 is 17.1 Å². The normalized spacial score (nSPS) is 12.8. The number of thiophene rings is 1. The van der Waals surface area contributed by atoms with Crippen LogP contribution in [0.25, 0.3) is 0 Å². The van der Waals surface area contributed by atoms with E-state index in [1.165, 1.54) is 11.8 Å². The highest BCUT2D eigenvalue weighted by Gasteiger charge is 2.10. The summed E-state index contributed by atoms with van der Waals surface area (Å²) < 4.78 is 0. The van der Waals surface area contributed by atoms with Gasteiger partial charge in [-0.1, -0.05) is 6.92 Å². The second-order valence-corrected chi connectivity index (χ2v) is 4.29. The Hall–Kier alpha value is -0.670. The van der Waals surface area contributed by atoms with Crippen LogP contribution in [0.4, 0.5) is 0 Å². The number of rotatable bonds is 4. The Kier molecular flexibility index (Phi) is 3.63. The molecule has 0 fully saturated rings. The summed E-state index contributed by atoms with van der Waals surface area (Å²) in [7, 11) is 0. The van der Waals surface area contributed by atoms with Gasteiger partial charge in [-0.05, 0) is 25.5 Å². The lowest BCUT2D eigenvalue weighted by Crippen LogP contribution is -2.17. The lowest BCUT2D eigenvalue weighted by molar-refractivity contribution is -0.125. The molecule has 1 N–H and O–H groups in total. The number of carbonyl (C=O) groups excluding carboxylic acids is 1. The molecule has 0 spiro atoms. The first-order valence-electron chi connectivity index (χ1n) is 4.42. The van der Waals surface area contributed by atoms with Crippen LogP contribution in [0.5, 0.6) is 0 Å². The van der Waals surface area contributed by atoms with E-state index >= 15 is 0 Å². The summed E-state index contributed by atoms with van der Waals surface area (Å²) >= 11 is 1.65. The van der Waals surface area contributed by atoms with Gasteiger partial charge in [-0.15, -0.1) is 11.3 Å². The van der Waals surface area contributed by atoms with Crippen LogP contribution < -0.4 is 0 Å². The lowest BCUT2D eigenvalue weighted by Gasteiger charge is -2.00. The van der Waals surface area contributed by atoms with E-state index < -0.39 is 6.10 Å².